The number of aryl methyl sites for hydroxylation is 2. The lowest BCUT2D eigenvalue weighted by Crippen LogP contribution is -2.42. The van der Waals surface area contributed by atoms with Gasteiger partial charge >= 0.3 is 0 Å². The molecule has 0 bridgehead atoms. The molecule has 194 valence electrons. The summed E-state index contributed by atoms with van der Waals surface area (Å²) in [5, 5.41) is 5.24. The minimum Gasteiger partial charge on any atom is -0.313 e. The van der Waals surface area contributed by atoms with Crippen molar-refractivity contribution in [2.24, 2.45) is 0 Å². The van der Waals surface area contributed by atoms with Crippen molar-refractivity contribution in [3.05, 3.63) is 77.1 Å². The highest BCUT2D eigenvalue weighted by atomic mass is 19.1. The van der Waals surface area contributed by atoms with Gasteiger partial charge in [0.05, 0.1) is 23.5 Å². The second kappa shape index (κ2) is 9.36. The number of nitrogens with zero attached hydrogens (tertiary/aromatic N) is 4. The molecule has 0 saturated heterocycles. The molecule has 1 amide bonds. The molecule has 7 heteroatoms. The molecule has 37 heavy (non-hydrogen) atoms. The number of aromatic nitrogens is 3. The zero-order valence-corrected chi connectivity index (χ0v) is 22.8. The molecule has 0 spiro atoms. The summed E-state index contributed by atoms with van der Waals surface area (Å²) in [6, 6.07) is 9.47. The Morgan fingerprint density at radius 1 is 0.973 bits per heavy atom. The number of carbonyl (C=O) groups excluding carboxylic acids is 1. The van der Waals surface area contributed by atoms with E-state index in [1.165, 1.54) is 24.3 Å². The Kier molecular flexibility index (Phi) is 6.69. The van der Waals surface area contributed by atoms with Crippen LogP contribution in [-0.4, -0.2) is 27.7 Å². The average molecular weight is 505 g/mol. The summed E-state index contributed by atoms with van der Waals surface area (Å²) in [6.45, 7) is 14.1. The van der Waals surface area contributed by atoms with Crippen molar-refractivity contribution >= 4 is 22.6 Å². The lowest BCUT2D eigenvalue weighted by atomic mass is 9.78. The van der Waals surface area contributed by atoms with E-state index in [1.54, 1.807) is 48.9 Å². The van der Waals surface area contributed by atoms with Crippen molar-refractivity contribution in [1.82, 2.24) is 14.8 Å². The predicted octanol–water partition coefficient (Wildman–Crippen LogP) is 6.94. The quantitative estimate of drug-likeness (QED) is 0.296. The molecular formula is C30H34F2N4O. The van der Waals surface area contributed by atoms with Crippen molar-refractivity contribution in [3.8, 4) is 11.1 Å². The van der Waals surface area contributed by atoms with E-state index in [-0.39, 0.29) is 23.0 Å². The summed E-state index contributed by atoms with van der Waals surface area (Å²) >= 11 is 0. The molecule has 5 nitrogen and oxygen atoms in total. The highest BCUT2D eigenvalue weighted by molar-refractivity contribution is 6.08. The van der Waals surface area contributed by atoms with E-state index < -0.39 is 5.41 Å². The largest absolute Gasteiger partial charge is 0.313 e. The Bertz CT molecular complexity index is 1500. The van der Waals surface area contributed by atoms with Gasteiger partial charge in [-0.25, -0.2) is 18.4 Å². The maximum Gasteiger partial charge on any atom is 0.236 e. The fraction of sp³-hybridized carbons (Fsp3) is 0.367. The molecule has 2 aromatic heterocycles. The third-order valence-electron chi connectivity index (χ3n) is 7.09. The number of likely N-dealkylation sites (N-methyl/N-ethyl adjacent to an activating group) is 1. The monoisotopic (exact) mass is 504 g/mol. The lowest BCUT2D eigenvalue weighted by molar-refractivity contribution is -0.122. The standard InChI is InChI=1S/C30H34F2N4O/c1-9-36-27-24(16-34-36)26(23-11-10-21(31)12-18(23)2)25(17-33-27)35(8)28(37)30(6,7)20-13-19(29(3,4)5)14-22(32)15-20/h10-17H,9H2,1-8H3. The fourth-order valence-electron chi connectivity index (χ4n) is 4.73. The predicted molar refractivity (Wildman–Crippen MR) is 145 cm³/mol. The molecule has 4 rings (SSSR count). The third kappa shape index (κ3) is 4.75. The Balaban J connectivity index is 1.88. The molecule has 2 aromatic carbocycles. The van der Waals surface area contributed by atoms with Crippen LogP contribution in [0, 0.1) is 18.6 Å². The van der Waals surface area contributed by atoms with Crippen LogP contribution in [0.1, 0.15) is 58.2 Å². The van der Waals surface area contributed by atoms with Crippen molar-refractivity contribution in [2.75, 3.05) is 11.9 Å². The van der Waals surface area contributed by atoms with E-state index in [2.05, 4.69) is 10.1 Å². The SMILES string of the molecule is CCn1ncc2c(-c3ccc(F)cc3C)c(N(C)C(=O)C(C)(C)c3cc(F)cc(C(C)(C)C)c3)cnc21. The lowest BCUT2D eigenvalue weighted by Gasteiger charge is -2.32. The molecule has 0 fully saturated rings. The highest BCUT2D eigenvalue weighted by Gasteiger charge is 2.36. The van der Waals surface area contributed by atoms with Gasteiger partial charge in [0.1, 0.15) is 11.6 Å². The number of hydrogen-bond acceptors (Lipinski definition) is 3. The van der Waals surface area contributed by atoms with Crippen LogP contribution in [0.5, 0.6) is 0 Å². The molecule has 0 aliphatic rings. The molecule has 0 aliphatic carbocycles. The van der Waals surface area contributed by atoms with Crippen LogP contribution >= 0.6 is 0 Å². The number of rotatable bonds is 5. The van der Waals surface area contributed by atoms with Crippen LogP contribution in [0.3, 0.4) is 0 Å². The van der Waals surface area contributed by atoms with Crippen LogP contribution in [0.15, 0.2) is 48.8 Å². The fourth-order valence-corrected chi connectivity index (χ4v) is 4.73. The van der Waals surface area contributed by atoms with Gasteiger partial charge in [-0.1, -0.05) is 32.9 Å². The second-order valence-electron chi connectivity index (χ2n) is 11.1. The number of benzene rings is 2. The van der Waals surface area contributed by atoms with Crippen molar-refractivity contribution in [1.29, 1.82) is 0 Å². The first-order valence-electron chi connectivity index (χ1n) is 12.5. The van der Waals surface area contributed by atoms with Crippen LogP contribution in [-0.2, 0) is 22.2 Å². The van der Waals surface area contributed by atoms with Crippen LogP contribution < -0.4 is 4.90 Å². The van der Waals surface area contributed by atoms with Gasteiger partial charge in [0.2, 0.25) is 5.91 Å². The number of carbonyl (C=O) groups is 1. The van der Waals surface area contributed by atoms with E-state index in [0.29, 0.717) is 23.4 Å². The van der Waals surface area contributed by atoms with Crippen molar-refractivity contribution in [3.63, 3.8) is 0 Å². The second-order valence-corrected chi connectivity index (χ2v) is 11.1. The molecule has 4 aromatic rings. The zero-order chi connectivity index (χ0) is 27.3. The Morgan fingerprint density at radius 2 is 1.65 bits per heavy atom. The molecule has 2 heterocycles. The Hall–Kier alpha value is -3.61. The highest BCUT2D eigenvalue weighted by Crippen LogP contribution is 2.40. The Morgan fingerprint density at radius 3 is 2.27 bits per heavy atom. The molecule has 0 unspecified atom stereocenters. The number of pyridine rings is 1. The normalized spacial score (nSPS) is 12.3. The van der Waals surface area contributed by atoms with E-state index >= 15 is 0 Å². The number of amides is 1. The van der Waals surface area contributed by atoms with E-state index in [1.807, 2.05) is 40.7 Å². The number of hydrogen-bond donors (Lipinski definition) is 0. The van der Waals surface area contributed by atoms with Gasteiger partial charge in [0, 0.05) is 24.5 Å². The summed E-state index contributed by atoms with van der Waals surface area (Å²) in [6.07, 6.45) is 3.40. The van der Waals surface area contributed by atoms with E-state index in [0.717, 1.165) is 27.6 Å². The number of halogens is 2. The molecule has 0 N–H and O–H groups in total. The minimum absolute atomic E-state index is 0.219. The van der Waals surface area contributed by atoms with Gasteiger partial charge in [-0.15, -0.1) is 0 Å². The summed E-state index contributed by atoms with van der Waals surface area (Å²) in [5.74, 6) is -0.921. The van der Waals surface area contributed by atoms with Crippen molar-refractivity contribution < 1.29 is 13.6 Å². The van der Waals surface area contributed by atoms with Gasteiger partial charge in [-0.05, 0) is 79.6 Å². The van der Waals surface area contributed by atoms with Crippen LogP contribution in [0.2, 0.25) is 0 Å². The maximum atomic E-state index is 14.7. The van der Waals surface area contributed by atoms with Gasteiger partial charge in [-0.3, -0.25) is 4.79 Å². The molecule has 0 atom stereocenters. The zero-order valence-electron chi connectivity index (χ0n) is 22.8. The van der Waals surface area contributed by atoms with Crippen molar-refractivity contribution in [2.45, 2.75) is 65.8 Å². The van der Waals surface area contributed by atoms with Gasteiger partial charge in [0.15, 0.2) is 5.65 Å². The number of anilines is 1. The molecule has 0 aliphatic heterocycles. The number of fused-ring (bicyclic) bond motifs is 1. The van der Waals surface area contributed by atoms with E-state index in [4.69, 9.17) is 0 Å². The van der Waals surface area contributed by atoms with Gasteiger partial charge in [0.25, 0.3) is 0 Å². The van der Waals surface area contributed by atoms with E-state index in [9.17, 15) is 13.6 Å². The molecule has 0 radical (unpaired) electrons. The van der Waals surface area contributed by atoms with Gasteiger partial charge in [-0.2, -0.15) is 5.10 Å². The van der Waals surface area contributed by atoms with Crippen LogP contribution in [0.4, 0.5) is 14.5 Å². The first-order chi connectivity index (χ1) is 17.3. The first kappa shape index (κ1) is 26.5. The smallest absolute Gasteiger partial charge is 0.236 e. The first-order valence-corrected chi connectivity index (χ1v) is 12.5. The third-order valence-corrected chi connectivity index (χ3v) is 7.09. The minimum atomic E-state index is -1.03. The summed E-state index contributed by atoms with van der Waals surface area (Å²) < 4.78 is 30.5. The average Bonchev–Trinajstić information content (AvgIpc) is 3.25. The topological polar surface area (TPSA) is 51.0 Å². The van der Waals surface area contributed by atoms with Gasteiger partial charge < -0.3 is 4.90 Å². The summed E-state index contributed by atoms with van der Waals surface area (Å²) in [4.78, 5) is 20.3. The molecular weight excluding hydrogens is 470 g/mol. The Labute approximate surface area is 217 Å². The molecule has 0 saturated carbocycles. The summed E-state index contributed by atoms with van der Waals surface area (Å²) in [7, 11) is 1.70. The van der Waals surface area contributed by atoms with Crippen LogP contribution in [0.25, 0.3) is 22.2 Å². The summed E-state index contributed by atoms with van der Waals surface area (Å²) in [5.41, 5.74) is 3.65. The maximum absolute atomic E-state index is 14.7.